The minimum absolute atomic E-state index is 0.194. The zero-order chi connectivity index (χ0) is 27.3. The van der Waals surface area contributed by atoms with Gasteiger partial charge in [-0.3, -0.25) is 14.5 Å². The quantitative estimate of drug-likeness (QED) is 0.0456. The van der Waals surface area contributed by atoms with Crippen LogP contribution in [0.5, 0.6) is 0 Å². The summed E-state index contributed by atoms with van der Waals surface area (Å²) < 4.78 is 19.5. The van der Waals surface area contributed by atoms with Crippen molar-refractivity contribution in [3.05, 3.63) is 11.3 Å². The van der Waals surface area contributed by atoms with Gasteiger partial charge in [0.25, 0.3) is 14.2 Å². The number of carbonyl (C=O) groups excluding carboxylic acids is 3. The first kappa shape index (κ1) is 32.4. The number of nitrogens with zero attached hydrogens (tertiary/aromatic N) is 1. The van der Waals surface area contributed by atoms with E-state index in [1.54, 1.807) is 0 Å². The molecule has 0 radical (unpaired) electrons. The smallest absolute Gasteiger partial charge is 0.342 e. The van der Waals surface area contributed by atoms with E-state index in [2.05, 4.69) is 42.0 Å². The maximum Gasteiger partial charge on any atom is 0.342 e. The van der Waals surface area contributed by atoms with E-state index in [-0.39, 0.29) is 11.4 Å². The van der Waals surface area contributed by atoms with Crippen LogP contribution in [0, 0.1) is 0 Å². The third-order valence-electron chi connectivity index (χ3n) is 7.57. The molecule has 2 aliphatic heterocycles. The number of hydrogen-bond donors (Lipinski definition) is 1. The van der Waals surface area contributed by atoms with Crippen molar-refractivity contribution >= 4 is 53.7 Å². The normalized spacial score (nSPS) is 21.5. The maximum absolute atomic E-state index is 13.9. The van der Waals surface area contributed by atoms with Gasteiger partial charge < -0.3 is 14.3 Å². The van der Waals surface area contributed by atoms with Crippen molar-refractivity contribution in [3.63, 3.8) is 0 Å². The van der Waals surface area contributed by atoms with Gasteiger partial charge in [-0.1, -0.05) is 114 Å². The van der Waals surface area contributed by atoms with Crippen molar-refractivity contribution in [1.82, 2.24) is 10.2 Å². The predicted molar refractivity (Wildman–Crippen MR) is 156 cm³/mol. The van der Waals surface area contributed by atoms with Gasteiger partial charge in [-0.25, -0.2) is 4.79 Å². The van der Waals surface area contributed by atoms with E-state index < -0.39 is 42.8 Å². The van der Waals surface area contributed by atoms with Crippen LogP contribution in [0.25, 0.3) is 0 Å². The summed E-state index contributed by atoms with van der Waals surface area (Å²) in [6, 6.07) is 2.04. The molecule has 1 saturated heterocycles. The van der Waals surface area contributed by atoms with Gasteiger partial charge in [-0.2, -0.15) is 0 Å². The number of hydrogen-bond acceptors (Lipinski definition) is 5. The predicted octanol–water partition coefficient (Wildman–Crippen LogP) is 5.91. The molecule has 2 amide bonds. The van der Waals surface area contributed by atoms with Crippen LogP contribution in [-0.2, 0) is 30.0 Å². The molecule has 2 unspecified atom stereocenters. The Labute approximate surface area is 236 Å². The molecule has 10 heteroatoms. The monoisotopic (exact) mass is 618 g/mol. The number of rotatable bonds is 20. The van der Waals surface area contributed by atoms with E-state index in [1.165, 1.54) is 24.2 Å². The van der Waals surface area contributed by atoms with Crippen LogP contribution in [0.3, 0.4) is 0 Å². The zero-order valence-electron chi connectivity index (χ0n) is 23.0. The Hall–Kier alpha value is -0.843. The molecule has 1 fully saturated rings. The molecule has 2 heterocycles. The Morgan fingerprint density at radius 2 is 1.54 bits per heavy atom. The van der Waals surface area contributed by atoms with E-state index in [0.29, 0.717) is 17.3 Å². The average Bonchev–Trinajstić information content (AvgIpc) is 2.89. The minimum Gasteiger partial charge on any atom is -0.614 e. The highest BCUT2D eigenvalue weighted by molar-refractivity contribution is 9.09. The number of unbranched alkanes of at least 4 members (excludes halogenated alkanes) is 9. The van der Waals surface area contributed by atoms with Crippen molar-refractivity contribution in [3.8, 4) is 0 Å². The molecule has 37 heavy (non-hydrogen) atoms. The highest BCUT2D eigenvalue weighted by Gasteiger charge is 2.60. The Morgan fingerprint density at radius 3 is 1.97 bits per heavy atom. The SMILES string of the molecule is CCCCCC[Si](CCCCCC)(CCCCCC)OC(=O)C1=C(CBr)C[S+]([O-])[C@H]2C(NC=O)C(=O)N12. The van der Waals surface area contributed by atoms with Crippen LogP contribution in [0.4, 0.5) is 0 Å². The lowest BCUT2D eigenvalue weighted by Crippen LogP contribution is -2.74. The van der Waals surface area contributed by atoms with Crippen LogP contribution in [0.1, 0.15) is 97.8 Å². The van der Waals surface area contributed by atoms with Crippen molar-refractivity contribution in [2.24, 2.45) is 0 Å². The van der Waals surface area contributed by atoms with Crippen LogP contribution in [0.2, 0.25) is 18.1 Å². The summed E-state index contributed by atoms with van der Waals surface area (Å²) in [5, 5.41) is 2.12. The third kappa shape index (κ3) is 8.83. The summed E-state index contributed by atoms with van der Waals surface area (Å²) in [5.74, 6) is -0.627. The first-order chi connectivity index (χ1) is 17.9. The molecular formula is C27H47BrN2O5SSi. The molecule has 0 bridgehead atoms. The molecule has 0 aromatic carbocycles. The molecule has 2 rings (SSSR count). The summed E-state index contributed by atoms with van der Waals surface area (Å²) in [4.78, 5) is 39.2. The van der Waals surface area contributed by atoms with Gasteiger partial charge in [-0.15, -0.1) is 0 Å². The van der Waals surface area contributed by atoms with E-state index in [1.807, 2.05) is 0 Å². The molecule has 7 nitrogen and oxygen atoms in total. The molecule has 2 aliphatic rings. The second-order valence-corrected chi connectivity index (χ2v) is 16.6. The van der Waals surface area contributed by atoms with E-state index in [4.69, 9.17) is 4.43 Å². The summed E-state index contributed by atoms with van der Waals surface area (Å²) in [6.07, 6.45) is 14.1. The molecule has 0 aromatic heterocycles. The zero-order valence-corrected chi connectivity index (χ0v) is 26.4. The summed E-state index contributed by atoms with van der Waals surface area (Å²) >= 11 is 2.05. The molecule has 0 spiro atoms. The molecule has 212 valence electrons. The van der Waals surface area contributed by atoms with Gasteiger partial charge in [0.1, 0.15) is 11.4 Å². The third-order valence-corrected chi connectivity index (χ3v) is 14.3. The Kier molecular flexibility index (Phi) is 14.9. The van der Waals surface area contributed by atoms with Crippen LogP contribution < -0.4 is 5.32 Å². The fraction of sp³-hybridized carbons (Fsp3) is 0.815. The van der Waals surface area contributed by atoms with Gasteiger partial charge >= 0.3 is 5.97 Å². The minimum atomic E-state index is -2.42. The lowest BCUT2D eigenvalue weighted by atomic mass is 10.0. The first-order valence-corrected chi connectivity index (χ1v) is 19.3. The van der Waals surface area contributed by atoms with Gasteiger partial charge in [-0.05, 0) is 29.3 Å². The fourth-order valence-corrected chi connectivity index (χ4v) is 12.1. The van der Waals surface area contributed by atoms with Crippen LogP contribution in [-0.4, -0.2) is 58.6 Å². The number of amides is 2. The van der Waals surface area contributed by atoms with Crippen molar-refractivity contribution in [2.75, 3.05) is 11.1 Å². The van der Waals surface area contributed by atoms with Gasteiger partial charge in [0.2, 0.25) is 11.8 Å². The van der Waals surface area contributed by atoms with Crippen molar-refractivity contribution in [2.45, 2.75) is 127 Å². The Morgan fingerprint density at radius 1 is 1.03 bits per heavy atom. The van der Waals surface area contributed by atoms with E-state index in [0.717, 1.165) is 75.9 Å². The molecule has 0 aliphatic carbocycles. The highest BCUT2D eigenvalue weighted by atomic mass is 79.9. The number of halogens is 1. The lowest BCUT2D eigenvalue weighted by molar-refractivity contribution is -0.149. The van der Waals surface area contributed by atoms with Crippen molar-refractivity contribution < 1.29 is 23.4 Å². The van der Waals surface area contributed by atoms with Crippen LogP contribution >= 0.6 is 15.9 Å². The van der Waals surface area contributed by atoms with Gasteiger partial charge in [0, 0.05) is 10.9 Å². The summed E-state index contributed by atoms with van der Waals surface area (Å²) in [5.41, 5.74) is 0.895. The van der Waals surface area contributed by atoms with E-state index >= 15 is 0 Å². The molecular weight excluding hydrogens is 572 g/mol. The number of β-lactam (4-membered cyclic amide) rings is 1. The first-order valence-electron chi connectivity index (χ1n) is 14.3. The molecule has 3 atom stereocenters. The molecule has 1 N–H and O–H groups in total. The summed E-state index contributed by atoms with van der Waals surface area (Å²) in [7, 11) is -2.42. The Balaban J connectivity index is 2.32. The lowest BCUT2D eigenvalue weighted by Gasteiger charge is -2.49. The molecule has 0 saturated carbocycles. The second-order valence-electron chi connectivity index (χ2n) is 10.5. The van der Waals surface area contributed by atoms with E-state index in [9.17, 15) is 18.9 Å². The van der Waals surface area contributed by atoms with Gasteiger partial charge in [0.05, 0.1) is 0 Å². The number of nitrogens with one attached hydrogen (secondary N) is 1. The maximum atomic E-state index is 13.9. The van der Waals surface area contributed by atoms with Crippen LogP contribution in [0.15, 0.2) is 11.3 Å². The topological polar surface area (TPSA) is 98.8 Å². The number of fused-ring (bicyclic) bond motifs is 1. The largest absolute Gasteiger partial charge is 0.614 e. The fourth-order valence-electron chi connectivity index (χ4n) is 5.43. The summed E-state index contributed by atoms with van der Waals surface area (Å²) in [6.45, 7) is 6.61. The second kappa shape index (κ2) is 17.0. The molecule has 0 aromatic rings. The van der Waals surface area contributed by atoms with Gasteiger partial charge in [0.15, 0.2) is 6.04 Å². The Bertz CT molecular complexity index is 753. The standard InChI is InChI=1S/C27H47BrN2O5SSi/c1-4-7-10-13-16-37(17-14-11-8-5-2,18-15-12-9-6-3)35-27(33)24-22(19-28)20-36(34)26-23(29-21-31)25(32)30(24)26/h21,23,26H,4-20H2,1-3H3,(H,29,31)/t23?,26-,36?/m0/s1. The van der Waals surface area contributed by atoms with Crippen molar-refractivity contribution in [1.29, 1.82) is 0 Å². The number of carbonyl (C=O) groups is 3. The highest BCUT2D eigenvalue weighted by Crippen LogP contribution is 2.39. The number of alkyl halides is 1. The average molecular weight is 620 g/mol.